The van der Waals surface area contributed by atoms with Crippen molar-refractivity contribution in [1.82, 2.24) is 9.97 Å². The van der Waals surface area contributed by atoms with E-state index in [1.165, 1.54) is 6.20 Å². The minimum Gasteiger partial charge on any atom is -0.496 e. The van der Waals surface area contributed by atoms with Crippen LogP contribution in [0.4, 0.5) is 0 Å². The summed E-state index contributed by atoms with van der Waals surface area (Å²) in [6.45, 7) is 0. The normalized spacial score (nSPS) is 10.1. The van der Waals surface area contributed by atoms with Crippen LogP contribution in [0.1, 0.15) is 10.5 Å². The number of H-pyrrole nitrogens is 1. The van der Waals surface area contributed by atoms with E-state index in [0.717, 1.165) is 5.56 Å². The fourth-order valence-electron chi connectivity index (χ4n) is 1.39. The van der Waals surface area contributed by atoms with Crippen molar-refractivity contribution >= 4 is 17.9 Å². The van der Waals surface area contributed by atoms with Crippen molar-refractivity contribution in [2.24, 2.45) is 0 Å². The van der Waals surface area contributed by atoms with Crippen LogP contribution >= 0.6 is 11.6 Å². The third kappa shape index (κ3) is 1.92. The molecule has 5 heteroatoms. The van der Waals surface area contributed by atoms with Crippen LogP contribution in [0.5, 0.6) is 5.75 Å². The molecule has 0 radical (unpaired) electrons. The molecule has 0 aliphatic rings. The molecule has 2 aromatic rings. The van der Waals surface area contributed by atoms with Crippen LogP contribution in [0.25, 0.3) is 11.4 Å². The van der Waals surface area contributed by atoms with E-state index in [2.05, 4.69) is 9.97 Å². The SMILES string of the molecule is COc1cc(Cl)ccc1-c1ncc(C=O)[nH]1. The van der Waals surface area contributed by atoms with Gasteiger partial charge in [-0.05, 0) is 18.2 Å². The molecule has 0 atom stereocenters. The van der Waals surface area contributed by atoms with Crippen LogP contribution in [0.2, 0.25) is 5.02 Å². The van der Waals surface area contributed by atoms with Crippen LogP contribution in [0.15, 0.2) is 24.4 Å². The molecular weight excluding hydrogens is 228 g/mol. The largest absolute Gasteiger partial charge is 0.496 e. The van der Waals surface area contributed by atoms with E-state index in [1.807, 2.05) is 0 Å². The summed E-state index contributed by atoms with van der Waals surface area (Å²) in [4.78, 5) is 17.5. The number of aromatic nitrogens is 2. The Morgan fingerprint density at radius 3 is 2.94 bits per heavy atom. The fraction of sp³-hybridized carbons (Fsp3) is 0.0909. The lowest BCUT2D eigenvalue weighted by Gasteiger charge is -2.06. The summed E-state index contributed by atoms with van der Waals surface area (Å²) >= 11 is 5.85. The lowest BCUT2D eigenvalue weighted by molar-refractivity contribution is 0.111. The van der Waals surface area contributed by atoms with Gasteiger partial charge in [-0.3, -0.25) is 4.79 Å². The summed E-state index contributed by atoms with van der Waals surface area (Å²) < 4.78 is 5.19. The molecular formula is C11H9ClN2O2. The van der Waals surface area contributed by atoms with Gasteiger partial charge < -0.3 is 9.72 Å². The second-order valence-corrected chi connectivity index (χ2v) is 3.59. The first-order chi connectivity index (χ1) is 7.74. The minimum atomic E-state index is 0.423. The van der Waals surface area contributed by atoms with Gasteiger partial charge in [-0.2, -0.15) is 0 Å². The summed E-state index contributed by atoms with van der Waals surface area (Å²) in [5.74, 6) is 1.19. The van der Waals surface area contributed by atoms with Gasteiger partial charge >= 0.3 is 0 Å². The highest BCUT2D eigenvalue weighted by Gasteiger charge is 2.09. The highest BCUT2D eigenvalue weighted by Crippen LogP contribution is 2.30. The number of hydrogen-bond acceptors (Lipinski definition) is 3. The van der Waals surface area contributed by atoms with E-state index in [9.17, 15) is 4.79 Å². The predicted molar refractivity (Wildman–Crippen MR) is 61.0 cm³/mol. The number of benzene rings is 1. The molecule has 0 aliphatic heterocycles. The maximum Gasteiger partial charge on any atom is 0.167 e. The molecule has 1 aromatic carbocycles. The first-order valence-electron chi connectivity index (χ1n) is 4.58. The van der Waals surface area contributed by atoms with Crippen molar-refractivity contribution in [3.8, 4) is 17.1 Å². The maximum absolute atomic E-state index is 10.5. The summed E-state index contributed by atoms with van der Waals surface area (Å²) in [6, 6.07) is 5.22. The van der Waals surface area contributed by atoms with Gasteiger partial charge in [0.2, 0.25) is 0 Å². The molecule has 0 bridgehead atoms. The Morgan fingerprint density at radius 2 is 2.31 bits per heavy atom. The Balaban J connectivity index is 2.50. The van der Waals surface area contributed by atoms with Gasteiger partial charge in [0.05, 0.1) is 24.6 Å². The lowest BCUT2D eigenvalue weighted by Crippen LogP contribution is -1.89. The van der Waals surface area contributed by atoms with Crippen molar-refractivity contribution in [3.05, 3.63) is 35.1 Å². The number of methoxy groups -OCH3 is 1. The number of hydrogen-bond donors (Lipinski definition) is 1. The number of carbonyl (C=O) groups is 1. The zero-order valence-electron chi connectivity index (χ0n) is 8.53. The molecule has 0 aliphatic carbocycles. The van der Waals surface area contributed by atoms with Gasteiger partial charge in [0.25, 0.3) is 0 Å². The van der Waals surface area contributed by atoms with Crippen molar-refractivity contribution in [2.75, 3.05) is 7.11 Å². The smallest absolute Gasteiger partial charge is 0.167 e. The van der Waals surface area contributed by atoms with Gasteiger partial charge in [0.15, 0.2) is 6.29 Å². The van der Waals surface area contributed by atoms with Gasteiger partial charge in [-0.15, -0.1) is 0 Å². The second kappa shape index (κ2) is 4.37. The Morgan fingerprint density at radius 1 is 1.50 bits per heavy atom. The average Bonchev–Trinajstić information content (AvgIpc) is 2.77. The van der Waals surface area contributed by atoms with Crippen molar-refractivity contribution in [3.63, 3.8) is 0 Å². The quantitative estimate of drug-likeness (QED) is 0.834. The summed E-state index contributed by atoms with van der Waals surface area (Å²) in [5, 5.41) is 0.586. The van der Waals surface area contributed by atoms with E-state index in [1.54, 1.807) is 25.3 Å². The second-order valence-electron chi connectivity index (χ2n) is 3.15. The molecule has 2 rings (SSSR count). The molecule has 4 nitrogen and oxygen atoms in total. The molecule has 0 amide bonds. The van der Waals surface area contributed by atoms with Crippen LogP contribution in [0.3, 0.4) is 0 Å². The van der Waals surface area contributed by atoms with Crippen molar-refractivity contribution < 1.29 is 9.53 Å². The third-order valence-corrected chi connectivity index (χ3v) is 2.38. The number of ether oxygens (including phenoxy) is 1. The van der Waals surface area contributed by atoms with Gasteiger partial charge in [0, 0.05) is 5.02 Å². The Labute approximate surface area is 97.2 Å². The molecule has 1 aromatic heterocycles. The van der Waals surface area contributed by atoms with Gasteiger partial charge in [-0.1, -0.05) is 11.6 Å². The number of carbonyl (C=O) groups excluding carboxylic acids is 1. The van der Waals surface area contributed by atoms with Crippen LogP contribution in [0, 0.1) is 0 Å². The molecule has 0 spiro atoms. The molecule has 16 heavy (non-hydrogen) atoms. The zero-order valence-corrected chi connectivity index (χ0v) is 9.28. The lowest BCUT2D eigenvalue weighted by atomic mass is 10.2. The molecule has 1 heterocycles. The number of aldehydes is 1. The number of halogens is 1. The Hall–Kier alpha value is -1.81. The molecule has 0 fully saturated rings. The predicted octanol–water partition coefficient (Wildman–Crippen LogP) is 2.55. The number of rotatable bonds is 3. The van der Waals surface area contributed by atoms with Crippen LogP contribution in [-0.4, -0.2) is 23.4 Å². The van der Waals surface area contributed by atoms with E-state index in [0.29, 0.717) is 28.6 Å². The van der Waals surface area contributed by atoms with E-state index in [-0.39, 0.29) is 0 Å². The summed E-state index contributed by atoms with van der Waals surface area (Å²) in [6.07, 6.45) is 2.18. The number of nitrogens with one attached hydrogen (secondary N) is 1. The maximum atomic E-state index is 10.5. The van der Waals surface area contributed by atoms with Gasteiger partial charge in [-0.25, -0.2) is 4.98 Å². The third-order valence-electron chi connectivity index (χ3n) is 2.14. The zero-order chi connectivity index (χ0) is 11.5. The van der Waals surface area contributed by atoms with Crippen LogP contribution < -0.4 is 4.74 Å². The Kier molecular flexibility index (Phi) is 2.92. The minimum absolute atomic E-state index is 0.423. The highest BCUT2D eigenvalue weighted by molar-refractivity contribution is 6.30. The summed E-state index contributed by atoms with van der Waals surface area (Å²) in [5.41, 5.74) is 1.19. The van der Waals surface area contributed by atoms with E-state index in [4.69, 9.17) is 16.3 Å². The standard InChI is InChI=1S/C11H9ClN2O2/c1-16-10-4-7(12)2-3-9(10)11-13-5-8(6-15)14-11/h2-6H,1H3,(H,13,14). The first kappa shape index (κ1) is 10.7. The highest BCUT2D eigenvalue weighted by atomic mass is 35.5. The molecule has 82 valence electrons. The number of nitrogens with zero attached hydrogens (tertiary/aromatic N) is 1. The number of aromatic amines is 1. The van der Waals surface area contributed by atoms with Crippen LogP contribution in [-0.2, 0) is 0 Å². The topological polar surface area (TPSA) is 55.0 Å². The van der Waals surface area contributed by atoms with Crippen molar-refractivity contribution in [2.45, 2.75) is 0 Å². The molecule has 1 N–H and O–H groups in total. The average molecular weight is 237 g/mol. The molecule has 0 saturated heterocycles. The molecule has 0 unspecified atom stereocenters. The number of imidazole rings is 1. The van der Waals surface area contributed by atoms with E-state index >= 15 is 0 Å². The Bertz CT molecular complexity index is 522. The van der Waals surface area contributed by atoms with Gasteiger partial charge in [0.1, 0.15) is 11.6 Å². The fourth-order valence-corrected chi connectivity index (χ4v) is 1.55. The van der Waals surface area contributed by atoms with Crippen molar-refractivity contribution in [1.29, 1.82) is 0 Å². The molecule has 0 saturated carbocycles. The van der Waals surface area contributed by atoms with E-state index < -0.39 is 0 Å². The monoisotopic (exact) mass is 236 g/mol. The summed E-state index contributed by atoms with van der Waals surface area (Å²) in [7, 11) is 1.55. The first-order valence-corrected chi connectivity index (χ1v) is 4.96.